The lowest BCUT2D eigenvalue weighted by molar-refractivity contribution is -0.0273. The number of rotatable bonds is 3. The second-order valence-corrected chi connectivity index (χ2v) is 3.54. The third-order valence-electron chi connectivity index (χ3n) is 2.39. The van der Waals surface area contributed by atoms with Gasteiger partial charge in [0.15, 0.2) is 11.5 Å². The summed E-state index contributed by atoms with van der Waals surface area (Å²) in [5.74, 6) is -2.22. The average Bonchev–Trinajstić information content (AvgIpc) is 2.28. The molecule has 1 aliphatic rings. The van der Waals surface area contributed by atoms with Crippen molar-refractivity contribution in [1.29, 1.82) is 0 Å². The van der Waals surface area contributed by atoms with E-state index in [1.54, 1.807) is 0 Å². The van der Waals surface area contributed by atoms with Crippen LogP contribution in [0.3, 0.4) is 0 Å². The minimum Gasteiger partial charge on any atom is -0.486 e. The fourth-order valence-corrected chi connectivity index (χ4v) is 1.56. The summed E-state index contributed by atoms with van der Waals surface area (Å²) in [6.45, 7) is 0.239. The SMILES string of the molecule is OCCC(F)(F)c1ccc2c(c1)OCCO2. The summed E-state index contributed by atoms with van der Waals surface area (Å²) in [5, 5.41) is 8.57. The van der Waals surface area contributed by atoms with Crippen molar-refractivity contribution in [2.24, 2.45) is 0 Å². The zero-order valence-corrected chi connectivity index (χ0v) is 8.58. The summed E-state index contributed by atoms with van der Waals surface area (Å²) in [6.07, 6.45) is -0.591. The van der Waals surface area contributed by atoms with E-state index in [0.717, 1.165) is 0 Å². The topological polar surface area (TPSA) is 38.7 Å². The maximum Gasteiger partial charge on any atom is 0.275 e. The summed E-state index contributed by atoms with van der Waals surface area (Å²) < 4.78 is 37.4. The van der Waals surface area contributed by atoms with Gasteiger partial charge in [0.1, 0.15) is 13.2 Å². The first-order valence-electron chi connectivity index (χ1n) is 5.02. The highest BCUT2D eigenvalue weighted by molar-refractivity contribution is 5.44. The highest BCUT2D eigenvalue weighted by atomic mass is 19.3. The lowest BCUT2D eigenvalue weighted by atomic mass is 10.1. The number of hydrogen-bond acceptors (Lipinski definition) is 3. The molecule has 0 fully saturated rings. The molecular weight excluding hydrogens is 218 g/mol. The average molecular weight is 230 g/mol. The van der Waals surface area contributed by atoms with Crippen LogP contribution in [-0.2, 0) is 5.92 Å². The normalized spacial score (nSPS) is 14.9. The molecule has 1 N–H and O–H groups in total. The lowest BCUT2D eigenvalue weighted by Crippen LogP contribution is -2.18. The molecular formula is C11H12F2O3. The Kier molecular flexibility index (Phi) is 2.96. The molecule has 1 aromatic carbocycles. The molecule has 0 unspecified atom stereocenters. The van der Waals surface area contributed by atoms with Gasteiger partial charge in [0, 0.05) is 18.6 Å². The summed E-state index contributed by atoms with van der Waals surface area (Å²) in [5.41, 5.74) is -0.161. The van der Waals surface area contributed by atoms with E-state index >= 15 is 0 Å². The minimum atomic E-state index is -3.04. The van der Waals surface area contributed by atoms with Crippen LogP contribution in [0.15, 0.2) is 18.2 Å². The molecule has 0 saturated carbocycles. The van der Waals surface area contributed by atoms with E-state index in [4.69, 9.17) is 14.6 Å². The van der Waals surface area contributed by atoms with E-state index in [-0.39, 0.29) is 5.56 Å². The number of alkyl halides is 2. The van der Waals surface area contributed by atoms with Crippen molar-refractivity contribution in [3.05, 3.63) is 23.8 Å². The zero-order valence-electron chi connectivity index (χ0n) is 8.58. The van der Waals surface area contributed by atoms with E-state index in [1.165, 1.54) is 18.2 Å². The molecule has 2 rings (SSSR count). The van der Waals surface area contributed by atoms with Crippen molar-refractivity contribution in [3.8, 4) is 11.5 Å². The second kappa shape index (κ2) is 4.25. The smallest absolute Gasteiger partial charge is 0.275 e. The molecule has 0 radical (unpaired) electrons. The molecule has 0 atom stereocenters. The van der Waals surface area contributed by atoms with Gasteiger partial charge in [-0.1, -0.05) is 0 Å². The maximum absolute atomic E-state index is 13.5. The molecule has 16 heavy (non-hydrogen) atoms. The van der Waals surface area contributed by atoms with Crippen molar-refractivity contribution in [2.75, 3.05) is 19.8 Å². The van der Waals surface area contributed by atoms with Crippen molar-refractivity contribution in [2.45, 2.75) is 12.3 Å². The Morgan fingerprint density at radius 2 is 1.88 bits per heavy atom. The van der Waals surface area contributed by atoms with Crippen LogP contribution >= 0.6 is 0 Å². The Morgan fingerprint density at radius 3 is 2.56 bits per heavy atom. The van der Waals surface area contributed by atoms with Crippen LogP contribution in [0.1, 0.15) is 12.0 Å². The van der Waals surface area contributed by atoms with E-state index < -0.39 is 19.0 Å². The van der Waals surface area contributed by atoms with Gasteiger partial charge < -0.3 is 14.6 Å². The van der Waals surface area contributed by atoms with Gasteiger partial charge >= 0.3 is 0 Å². The molecule has 0 aromatic heterocycles. The van der Waals surface area contributed by atoms with Gasteiger partial charge in [-0.2, -0.15) is 0 Å². The van der Waals surface area contributed by atoms with E-state index in [1.807, 2.05) is 0 Å². The number of fused-ring (bicyclic) bond motifs is 1. The first kappa shape index (κ1) is 11.1. The summed E-state index contributed by atoms with van der Waals surface area (Å²) >= 11 is 0. The highest BCUT2D eigenvalue weighted by Gasteiger charge is 2.32. The van der Waals surface area contributed by atoms with Crippen LogP contribution in [0, 0.1) is 0 Å². The Morgan fingerprint density at radius 1 is 1.19 bits per heavy atom. The fraction of sp³-hybridized carbons (Fsp3) is 0.455. The predicted octanol–water partition coefficient (Wildman–Crippen LogP) is 1.93. The van der Waals surface area contributed by atoms with Crippen LogP contribution in [-0.4, -0.2) is 24.9 Å². The highest BCUT2D eigenvalue weighted by Crippen LogP contribution is 2.38. The number of aliphatic hydroxyl groups excluding tert-OH is 1. The number of halogens is 2. The van der Waals surface area contributed by atoms with E-state index in [0.29, 0.717) is 24.7 Å². The minimum absolute atomic E-state index is 0.161. The largest absolute Gasteiger partial charge is 0.486 e. The van der Waals surface area contributed by atoms with Gasteiger partial charge in [-0.05, 0) is 18.2 Å². The Hall–Kier alpha value is -1.36. The van der Waals surface area contributed by atoms with E-state index in [9.17, 15) is 8.78 Å². The molecule has 0 saturated heterocycles. The number of ether oxygens (including phenoxy) is 2. The molecule has 5 heteroatoms. The molecule has 0 aliphatic carbocycles. The van der Waals surface area contributed by atoms with Gasteiger partial charge in [-0.3, -0.25) is 0 Å². The Balaban J connectivity index is 2.29. The monoisotopic (exact) mass is 230 g/mol. The zero-order chi connectivity index (χ0) is 11.6. The van der Waals surface area contributed by atoms with Gasteiger partial charge in [0.25, 0.3) is 5.92 Å². The molecule has 3 nitrogen and oxygen atoms in total. The summed E-state index contributed by atoms with van der Waals surface area (Å²) in [7, 11) is 0. The van der Waals surface area contributed by atoms with Crippen LogP contribution in [0.5, 0.6) is 11.5 Å². The van der Waals surface area contributed by atoms with Crippen molar-refractivity contribution >= 4 is 0 Å². The molecule has 0 spiro atoms. The van der Waals surface area contributed by atoms with Crippen molar-refractivity contribution in [1.82, 2.24) is 0 Å². The Bertz CT molecular complexity index is 379. The third-order valence-corrected chi connectivity index (χ3v) is 2.39. The number of aliphatic hydroxyl groups is 1. The van der Waals surface area contributed by atoms with Gasteiger partial charge in [0.05, 0.1) is 0 Å². The molecule has 0 amide bonds. The molecule has 88 valence electrons. The van der Waals surface area contributed by atoms with Gasteiger partial charge in [0.2, 0.25) is 0 Å². The third kappa shape index (κ3) is 2.09. The second-order valence-electron chi connectivity index (χ2n) is 3.54. The molecule has 1 heterocycles. The van der Waals surface area contributed by atoms with Crippen molar-refractivity contribution < 1.29 is 23.4 Å². The number of benzene rings is 1. The first-order chi connectivity index (χ1) is 7.63. The summed E-state index contributed by atoms with van der Waals surface area (Å²) in [6, 6.07) is 4.03. The first-order valence-corrected chi connectivity index (χ1v) is 5.02. The van der Waals surface area contributed by atoms with Gasteiger partial charge in [-0.25, -0.2) is 8.78 Å². The van der Waals surface area contributed by atoms with Crippen LogP contribution in [0.2, 0.25) is 0 Å². The van der Waals surface area contributed by atoms with Crippen LogP contribution in [0.25, 0.3) is 0 Å². The fourth-order valence-electron chi connectivity index (χ4n) is 1.56. The van der Waals surface area contributed by atoms with E-state index in [2.05, 4.69) is 0 Å². The lowest BCUT2D eigenvalue weighted by Gasteiger charge is -2.21. The summed E-state index contributed by atoms with van der Waals surface area (Å²) in [4.78, 5) is 0. The number of hydrogen-bond donors (Lipinski definition) is 1. The van der Waals surface area contributed by atoms with Gasteiger partial charge in [-0.15, -0.1) is 0 Å². The van der Waals surface area contributed by atoms with Crippen molar-refractivity contribution in [3.63, 3.8) is 0 Å². The molecule has 1 aliphatic heterocycles. The molecule has 1 aromatic rings. The molecule has 0 bridgehead atoms. The standard InChI is InChI=1S/C11H12F2O3/c12-11(13,3-4-14)8-1-2-9-10(7-8)16-6-5-15-9/h1-2,7,14H,3-6H2. The Labute approximate surface area is 91.6 Å². The van der Waals surface area contributed by atoms with Crippen LogP contribution < -0.4 is 9.47 Å². The maximum atomic E-state index is 13.5. The predicted molar refractivity (Wildman–Crippen MR) is 53.0 cm³/mol. The van der Waals surface area contributed by atoms with Crippen LogP contribution in [0.4, 0.5) is 8.78 Å². The quantitative estimate of drug-likeness (QED) is 0.862.